The minimum absolute atomic E-state index is 0.0699. The van der Waals surface area contributed by atoms with E-state index in [9.17, 15) is 4.79 Å². The highest BCUT2D eigenvalue weighted by atomic mass is 16.2. The Balaban J connectivity index is 3.49. The highest BCUT2D eigenvalue weighted by Crippen LogP contribution is 2.04. The van der Waals surface area contributed by atoms with Crippen LogP contribution in [0.2, 0.25) is 0 Å². The molecule has 0 aliphatic rings. The number of hydrogen-bond donors (Lipinski definition) is 0. The molecule has 0 spiro atoms. The third kappa shape index (κ3) is 5.79. The molecule has 0 bridgehead atoms. The van der Waals surface area contributed by atoms with E-state index in [1.165, 1.54) is 25.7 Å². The van der Waals surface area contributed by atoms with Crippen LogP contribution in [0.3, 0.4) is 0 Å². The number of carbonyl (C=O) groups is 1. The molecule has 82 valence electrons. The number of unbranched alkanes of at least 4 members (excludes halogenated alkanes) is 4. The molecule has 0 saturated carbocycles. The summed E-state index contributed by atoms with van der Waals surface area (Å²) >= 11 is 0. The van der Waals surface area contributed by atoms with Crippen LogP contribution < -0.4 is 0 Å². The summed E-state index contributed by atoms with van der Waals surface area (Å²) in [5, 5.41) is 0. The molecule has 2 heteroatoms. The largest absolute Gasteiger partial charge is 0.342 e. The quantitative estimate of drug-likeness (QED) is 0.454. The lowest BCUT2D eigenvalue weighted by atomic mass is 10.1. The first-order valence-corrected chi connectivity index (χ1v) is 5.50. The molecule has 0 aromatic heterocycles. The van der Waals surface area contributed by atoms with Crippen molar-refractivity contribution in [2.45, 2.75) is 46.0 Å². The van der Waals surface area contributed by atoms with E-state index >= 15 is 0 Å². The van der Waals surface area contributed by atoms with Crippen LogP contribution in [-0.2, 0) is 4.79 Å². The van der Waals surface area contributed by atoms with Crippen LogP contribution in [0.5, 0.6) is 0 Å². The normalized spacial score (nSPS) is 9.93. The van der Waals surface area contributed by atoms with Crippen molar-refractivity contribution in [1.82, 2.24) is 4.90 Å². The molecular weight excluding hydrogens is 174 g/mol. The van der Waals surface area contributed by atoms with E-state index in [4.69, 9.17) is 0 Å². The van der Waals surface area contributed by atoms with Crippen LogP contribution in [0.1, 0.15) is 46.0 Å². The first kappa shape index (κ1) is 13.2. The number of carbonyl (C=O) groups excluding carboxylic acids is 1. The van der Waals surface area contributed by atoms with Gasteiger partial charge in [0.25, 0.3) is 0 Å². The summed E-state index contributed by atoms with van der Waals surface area (Å²) in [5.74, 6) is 0.0699. The van der Waals surface area contributed by atoms with Crippen molar-refractivity contribution in [3.8, 4) is 0 Å². The molecular formula is C12H23NO. The topological polar surface area (TPSA) is 20.3 Å². The Hall–Kier alpha value is -0.790. The average molecular weight is 197 g/mol. The van der Waals surface area contributed by atoms with E-state index in [1.807, 2.05) is 7.05 Å². The zero-order valence-corrected chi connectivity index (χ0v) is 9.81. The molecule has 0 fully saturated rings. The van der Waals surface area contributed by atoms with Gasteiger partial charge in [-0.25, -0.2) is 0 Å². The molecule has 0 rings (SSSR count). The van der Waals surface area contributed by atoms with Gasteiger partial charge in [-0.15, -0.1) is 0 Å². The molecule has 0 radical (unpaired) electrons. The molecule has 0 heterocycles. The van der Waals surface area contributed by atoms with E-state index in [0.717, 1.165) is 13.0 Å². The molecule has 0 atom stereocenters. The maximum Gasteiger partial charge on any atom is 0.248 e. The third-order valence-corrected chi connectivity index (χ3v) is 2.31. The zero-order valence-electron chi connectivity index (χ0n) is 9.81. The van der Waals surface area contributed by atoms with E-state index < -0.39 is 0 Å². The fourth-order valence-electron chi connectivity index (χ4n) is 1.38. The molecule has 0 aliphatic carbocycles. The van der Waals surface area contributed by atoms with Gasteiger partial charge in [0.15, 0.2) is 0 Å². The summed E-state index contributed by atoms with van der Waals surface area (Å²) in [6, 6.07) is 0. The number of amides is 1. The summed E-state index contributed by atoms with van der Waals surface area (Å²) in [5.41, 5.74) is 0.626. The lowest BCUT2D eigenvalue weighted by Crippen LogP contribution is -2.27. The SMILES string of the molecule is C=C(C)C(=O)N(C)CCCCCCC. The van der Waals surface area contributed by atoms with Gasteiger partial charge in [0.05, 0.1) is 0 Å². The van der Waals surface area contributed by atoms with Crippen molar-refractivity contribution in [2.75, 3.05) is 13.6 Å². The standard InChI is InChI=1S/C12H23NO/c1-5-6-7-8-9-10-13(4)12(14)11(2)3/h2,5-10H2,1,3-4H3. The van der Waals surface area contributed by atoms with Crippen molar-refractivity contribution >= 4 is 5.91 Å². The van der Waals surface area contributed by atoms with Crippen molar-refractivity contribution in [2.24, 2.45) is 0 Å². The van der Waals surface area contributed by atoms with Crippen LogP contribution in [0.15, 0.2) is 12.2 Å². The van der Waals surface area contributed by atoms with Crippen LogP contribution >= 0.6 is 0 Å². The second-order valence-corrected chi connectivity index (χ2v) is 3.92. The Morgan fingerprint density at radius 1 is 1.21 bits per heavy atom. The van der Waals surface area contributed by atoms with Crippen LogP contribution in [-0.4, -0.2) is 24.4 Å². The first-order chi connectivity index (χ1) is 6.59. The van der Waals surface area contributed by atoms with Crippen LogP contribution in [0.25, 0.3) is 0 Å². The van der Waals surface area contributed by atoms with Gasteiger partial charge in [0, 0.05) is 19.2 Å². The van der Waals surface area contributed by atoms with Gasteiger partial charge in [0.2, 0.25) is 5.91 Å². The predicted octanol–water partition coefficient (Wildman–Crippen LogP) is 2.99. The fraction of sp³-hybridized carbons (Fsp3) is 0.750. The maximum atomic E-state index is 11.4. The number of hydrogen-bond acceptors (Lipinski definition) is 1. The molecule has 2 nitrogen and oxygen atoms in total. The second-order valence-electron chi connectivity index (χ2n) is 3.92. The van der Waals surface area contributed by atoms with Crippen LogP contribution in [0, 0.1) is 0 Å². The summed E-state index contributed by atoms with van der Waals surface area (Å²) < 4.78 is 0. The van der Waals surface area contributed by atoms with Gasteiger partial charge in [0.1, 0.15) is 0 Å². The highest BCUT2D eigenvalue weighted by Gasteiger charge is 2.07. The molecule has 0 aliphatic heterocycles. The lowest BCUT2D eigenvalue weighted by Gasteiger charge is -2.16. The molecule has 0 aromatic carbocycles. The predicted molar refractivity (Wildman–Crippen MR) is 61.2 cm³/mol. The Bertz CT molecular complexity index is 187. The molecule has 1 amide bonds. The average Bonchev–Trinajstić information content (AvgIpc) is 2.16. The van der Waals surface area contributed by atoms with Crippen molar-refractivity contribution < 1.29 is 4.79 Å². The molecule has 14 heavy (non-hydrogen) atoms. The molecule has 0 unspecified atom stereocenters. The third-order valence-electron chi connectivity index (χ3n) is 2.31. The Morgan fingerprint density at radius 2 is 1.79 bits per heavy atom. The van der Waals surface area contributed by atoms with Crippen molar-refractivity contribution in [1.29, 1.82) is 0 Å². The van der Waals surface area contributed by atoms with Gasteiger partial charge in [-0.3, -0.25) is 4.79 Å². The highest BCUT2D eigenvalue weighted by molar-refractivity contribution is 5.91. The molecule has 0 aromatic rings. The minimum atomic E-state index is 0.0699. The van der Waals surface area contributed by atoms with E-state index in [1.54, 1.807) is 11.8 Å². The summed E-state index contributed by atoms with van der Waals surface area (Å²) in [7, 11) is 1.84. The van der Waals surface area contributed by atoms with Gasteiger partial charge in [-0.1, -0.05) is 39.2 Å². The number of rotatable bonds is 7. The van der Waals surface area contributed by atoms with Gasteiger partial charge in [-0.05, 0) is 13.3 Å². The summed E-state index contributed by atoms with van der Waals surface area (Å²) in [4.78, 5) is 13.1. The maximum absolute atomic E-state index is 11.4. The fourth-order valence-corrected chi connectivity index (χ4v) is 1.38. The second kappa shape index (κ2) is 7.60. The number of likely N-dealkylation sites (N-methyl/N-ethyl adjacent to an activating group) is 1. The Kier molecular flexibility index (Phi) is 7.17. The Labute approximate surface area is 88.0 Å². The molecule has 0 saturated heterocycles. The monoisotopic (exact) mass is 197 g/mol. The van der Waals surface area contributed by atoms with Crippen molar-refractivity contribution in [3.63, 3.8) is 0 Å². The van der Waals surface area contributed by atoms with Crippen molar-refractivity contribution in [3.05, 3.63) is 12.2 Å². The van der Waals surface area contributed by atoms with Crippen LogP contribution in [0.4, 0.5) is 0 Å². The lowest BCUT2D eigenvalue weighted by molar-refractivity contribution is -0.125. The van der Waals surface area contributed by atoms with Gasteiger partial charge < -0.3 is 4.90 Å². The number of nitrogens with zero attached hydrogens (tertiary/aromatic N) is 1. The minimum Gasteiger partial charge on any atom is -0.342 e. The first-order valence-electron chi connectivity index (χ1n) is 5.50. The van der Waals surface area contributed by atoms with E-state index in [0.29, 0.717) is 5.57 Å². The van der Waals surface area contributed by atoms with Gasteiger partial charge >= 0.3 is 0 Å². The van der Waals surface area contributed by atoms with E-state index in [2.05, 4.69) is 13.5 Å². The zero-order chi connectivity index (χ0) is 11.0. The summed E-state index contributed by atoms with van der Waals surface area (Å²) in [6.45, 7) is 8.46. The molecule has 0 N–H and O–H groups in total. The smallest absolute Gasteiger partial charge is 0.248 e. The summed E-state index contributed by atoms with van der Waals surface area (Å²) in [6.07, 6.45) is 6.18. The Morgan fingerprint density at radius 3 is 2.29 bits per heavy atom. The van der Waals surface area contributed by atoms with E-state index in [-0.39, 0.29) is 5.91 Å². The van der Waals surface area contributed by atoms with Gasteiger partial charge in [-0.2, -0.15) is 0 Å².